The van der Waals surface area contributed by atoms with Crippen molar-refractivity contribution in [2.45, 2.75) is 84.7 Å². The third-order valence-electron chi connectivity index (χ3n) is 8.07. The fourth-order valence-corrected chi connectivity index (χ4v) is 5.66. The highest BCUT2D eigenvalue weighted by atomic mass is 19.1. The molecule has 0 bridgehead atoms. The minimum atomic E-state index is -1.36. The number of hydrogen-bond donors (Lipinski definition) is 0. The molecule has 2 aliphatic rings. The minimum Gasteiger partial charge on any atom is -0.463 e. The predicted octanol–water partition coefficient (Wildman–Crippen LogP) is 9.47. The molecular formula is C38H51FN2O2. The molecule has 0 radical (unpaired) electrons. The second-order valence-corrected chi connectivity index (χ2v) is 11.8. The van der Waals surface area contributed by atoms with Crippen molar-refractivity contribution in [1.29, 1.82) is 0 Å². The van der Waals surface area contributed by atoms with Gasteiger partial charge in [0.2, 0.25) is 0 Å². The molecule has 0 saturated carbocycles. The number of carbonyl (C=O) groups is 1. The van der Waals surface area contributed by atoms with E-state index in [0.29, 0.717) is 31.8 Å². The number of hydrogen-bond acceptors (Lipinski definition) is 4. The number of rotatable bonds is 13. The van der Waals surface area contributed by atoms with Crippen LogP contribution in [0.3, 0.4) is 0 Å². The Hall–Kier alpha value is -3.47. The summed E-state index contributed by atoms with van der Waals surface area (Å²) in [5, 5.41) is 0. The Labute approximate surface area is 259 Å². The number of aliphatic imine (C=N–C) groups is 1. The van der Waals surface area contributed by atoms with Gasteiger partial charge in [-0.25, -0.2) is 9.18 Å². The first kappa shape index (κ1) is 34.0. The quantitative estimate of drug-likeness (QED) is 0.131. The number of unbranched alkanes of at least 4 members (excludes halogenated alkanes) is 1. The summed E-state index contributed by atoms with van der Waals surface area (Å²) >= 11 is 0. The fourth-order valence-electron chi connectivity index (χ4n) is 5.66. The summed E-state index contributed by atoms with van der Waals surface area (Å²) in [7, 11) is 1.77. The molecule has 0 N–H and O–H groups in total. The van der Waals surface area contributed by atoms with Crippen LogP contribution in [0.15, 0.2) is 94.7 Å². The van der Waals surface area contributed by atoms with Crippen LogP contribution in [0.1, 0.15) is 90.2 Å². The molecule has 1 aromatic carbocycles. The molecule has 1 aliphatic heterocycles. The predicted molar refractivity (Wildman–Crippen MR) is 180 cm³/mol. The summed E-state index contributed by atoms with van der Waals surface area (Å²) in [6, 6.07) is 8.06. The first-order valence-electron chi connectivity index (χ1n) is 16.0. The molecule has 43 heavy (non-hydrogen) atoms. The lowest BCUT2D eigenvalue weighted by Gasteiger charge is -2.32. The largest absolute Gasteiger partial charge is 0.463 e. The third-order valence-corrected chi connectivity index (χ3v) is 8.07. The van der Waals surface area contributed by atoms with E-state index in [2.05, 4.69) is 73.7 Å². The zero-order valence-electron chi connectivity index (χ0n) is 27.0. The molecule has 1 atom stereocenters. The molecule has 232 valence electrons. The van der Waals surface area contributed by atoms with Gasteiger partial charge >= 0.3 is 5.97 Å². The molecule has 1 aromatic rings. The lowest BCUT2D eigenvalue weighted by atomic mass is 9.85. The van der Waals surface area contributed by atoms with E-state index < -0.39 is 5.67 Å². The number of benzene rings is 1. The molecule has 3 rings (SSSR count). The van der Waals surface area contributed by atoms with Gasteiger partial charge in [0, 0.05) is 49.6 Å². The number of allylic oxidation sites excluding steroid dienone is 7. The average molecular weight is 587 g/mol. The van der Waals surface area contributed by atoms with Gasteiger partial charge in [0.1, 0.15) is 5.67 Å². The van der Waals surface area contributed by atoms with Gasteiger partial charge in [-0.05, 0) is 79.4 Å². The van der Waals surface area contributed by atoms with Crippen LogP contribution >= 0.6 is 0 Å². The highest BCUT2D eigenvalue weighted by Crippen LogP contribution is 2.38. The van der Waals surface area contributed by atoms with E-state index in [1.54, 1.807) is 7.05 Å². The Morgan fingerprint density at radius 1 is 1.19 bits per heavy atom. The zero-order chi connectivity index (χ0) is 31.2. The standard InChI is InChI=1S/C38H51FN2O2/c1-7-9-23-38(39,24-10-13-29(3)4)34-20-18-31(19-21-34)33-17-16-30(5)35(28-33)36(22-25-40-6)41-26-11-14-32(15-12-27-41)37(42)43-8-2/h10,13-14,17-22,25,28-29H,5,7-9,11-12,15-16,23-24,26-27H2,1-4,6H3/b13-10+,32-14-,36-22+,40-25-/t38-/m0/s1. The van der Waals surface area contributed by atoms with Crippen LogP contribution in [0.25, 0.3) is 5.57 Å². The molecule has 5 heteroatoms. The lowest BCUT2D eigenvalue weighted by Crippen LogP contribution is -2.29. The third kappa shape index (κ3) is 9.77. The zero-order valence-corrected chi connectivity index (χ0v) is 27.0. The topological polar surface area (TPSA) is 41.9 Å². The SMILES string of the molecule is C=C1CC=C(c2ccc([C@@](F)(C/C=C/C(C)C)CCCC)cc2)C=C1/C(=C\C=N/C)N1CC/C=C(\C(=O)OCC)CCC1. The molecule has 1 aliphatic carbocycles. The lowest BCUT2D eigenvalue weighted by molar-refractivity contribution is -0.138. The maximum atomic E-state index is 16.3. The summed E-state index contributed by atoms with van der Waals surface area (Å²) in [4.78, 5) is 18.9. The number of halogens is 1. The van der Waals surface area contributed by atoms with E-state index in [0.717, 1.165) is 84.3 Å². The molecule has 0 unspecified atom stereocenters. The van der Waals surface area contributed by atoms with Crippen molar-refractivity contribution >= 4 is 17.8 Å². The van der Waals surface area contributed by atoms with Crippen molar-refractivity contribution in [2.75, 3.05) is 26.7 Å². The van der Waals surface area contributed by atoms with Crippen molar-refractivity contribution in [2.24, 2.45) is 10.9 Å². The summed E-state index contributed by atoms with van der Waals surface area (Å²) in [6.07, 6.45) is 20.2. The fraction of sp³-hybridized carbons (Fsp3) is 0.474. The average Bonchev–Trinajstić information content (AvgIpc) is 2.97. The van der Waals surface area contributed by atoms with Crippen LogP contribution in [0.5, 0.6) is 0 Å². The first-order chi connectivity index (χ1) is 20.7. The number of alkyl halides is 1. The van der Waals surface area contributed by atoms with Gasteiger partial charge in [-0.2, -0.15) is 0 Å². The van der Waals surface area contributed by atoms with Gasteiger partial charge in [-0.3, -0.25) is 4.99 Å². The van der Waals surface area contributed by atoms with Gasteiger partial charge in [-0.15, -0.1) is 0 Å². The smallest absolute Gasteiger partial charge is 0.333 e. The van der Waals surface area contributed by atoms with Crippen LogP contribution < -0.4 is 0 Å². The Morgan fingerprint density at radius 2 is 1.95 bits per heavy atom. The molecule has 0 saturated heterocycles. The van der Waals surface area contributed by atoms with Crippen molar-refractivity contribution in [3.05, 3.63) is 101 Å². The number of esters is 1. The van der Waals surface area contributed by atoms with E-state index in [9.17, 15) is 4.79 Å². The van der Waals surface area contributed by atoms with E-state index in [1.165, 1.54) is 0 Å². The van der Waals surface area contributed by atoms with E-state index in [4.69, 9.17) is 4.74 Å². The van der Waals surface area contributed by atoms with Crippen molar-refractivity contribution in [1.82, 2.24) is 4.90 Å². The minimum absolute atomic E-state index is 0.198. The normalized spacial score (nSPS) is 19.5. The van der Waals surface area contributed by atoms with Gasteiger partial charge < -0.3 is 9.64 Å². The first-order valence-corrected chi connectivity index (χ1v) is 16.0. The molecule has 0 spiro atoms. The van der Waals surface area contributed by atoms with E-state index in [1.807, 2.05) is 37.4 Å². The highest BCUT2D eigenvalue weighted by molar-refractivity contribution is 5.88. The monoisotopic (exact) mass is 586 g/mol. The highest BCUT2D eigenvalue weighted by Gasteiger charge is 2.30. The summed E-state index contributed by atoms with van der Waals surface area (Å²) in [5.74, 6) is 0.211. The maximum Gasteiger partial charge on any atom is 0.333 e. The van der Waals surface area contributed by atoms with Crippen LogP contribution in [0.4, 0.5) is 4.39 Å². The van der Waals surface area contributed by atoms with Gasteiger partial charge in [0.15, 0.2) is 0 Å². The van der Waals surface area contributed by atoms with E-state index in [-0.39, 0.29) is 5.97 Å². The maximum absolute atomic E-state index is 16.3. The summed E-state index contributed by atoms with van der Waals surface area (Å²) < 4.78 is 21.5. The molecule has 1 heterocycles. The van der Waals surface area contributed by atoms with Crippen molar-refractivity contribution < 1.29 is 13.9 Å². The molecule has 0 amide bonds. The Bertz CT molecular complexity index is 1280. The number of carbonyl (C=O) groups excluding carboxylic acids is 1. The molecule has 0 fully saturated rings. The molecular weight excluding hydrogens is 535 g/mol. The molecule has 0 aromatic heterocycles. The second kappa shape index (κ2) is 17.0. The summed E-state index contributed by atoms with van der Waals surface area (Å²) in [5.41, 5.74) is 5.59. The number of ether oxygens (including phenoxy) is 1. The van der Waals surface area contributed by atoms with Gasteiger partial charge in [0.05, 0.1) is 6.61 Å². The van der Waals surface area contributed by atoms with Crippen LogP contribution in [-0.4, -0.2) is 43.8 Å². The molecule has 4 nitrogen and oxygen atoms in total. The van der Waals surface area contributed by atoms with Gasteiger partial charge in [0.25, 0.3) is 0 Å². The van der Waals surface area contributed by atoms with Crippen molar-refractivity contribution in [3.8, 4) is 0 Å². The van der Waals surface area contributed by atoms with Gasteiger partial charge in [-0.1, -0.05) is 88.8 Å². The second-order valence-electron chi connectivity index (χ2n) is 11.8. The van der Waals surface area contributed by atoms with Crippen LogP contribution in [0, 0.1) is 5.92 Å². The van der Waals surface area contributed by atoms with E-state index >= 15 is 4.39 Å². The van der Waals surface area contributed by atoms with Crippen LogP contribution in [-0.2, 0) is 15.2 Å². The van der Waals surface area contributed by atoms with Crippen LogP contribution in [0.2, 0.25) is 0 Å². The van der Waals surface area contributed by atoms with Crippen molar-refractivity contribution in [3.63, 3.8) is 0 Å². The Balaban J connectivity index is 1.87. The Kier molecular flexibility index (Phi) is 13.4. The summed E-state index contributed by atoms with van der Waals surface area (Å²) in [6.45, 7) is 14.6. The number of nitrogens with zero attached hydrogens (tertiary/aromatic N) is 2. The Morgan fingerprint density at radius 3 is 2.63 bits per heavy atom.